The Balaban J connectivity index is 1.11. The number of furan rings is 1. The first kappa shape index (κ1) is 29.2. The number of fused-ring (bicyclic) bond motifs is 8. The molecule has 244 valence electrons. The van der Waals surface area contributed by atoms with E-state index in [0.717, 1.165) is 61.0 Å². The van der Waals surface area contributed by atoms with Gasteiger partial charge in [-0.1, -0.05) is 133 Å². The summed E-state index contributed by atoms with van der Waals surface area (Å²) in [5.41, 5.74) is 7.00. The van der Waals surface area contributed by atoms with Crippen molar-refractivity contribution in [2.24, 2.45) is 9.98 Å². The van der Waals surface area contributed by atoms with E-state index in [9.17, 15) is 0 Å². The number of rotatable bonds is 4. The number of aliphatic imine (C=N–C) groups is 2. The molecule has 0 spiro atoms. The van der Waals surface area contributed by atoms with E-state index < -0.39 is 6.17 Å². The normalized spacial score (nSPS) is 14.7. The molecule has 2 aromatic heterocycles. The van der Waals surface area contributed by atoms with E-state index in [0.29, 0.717) is 5.84 Å². The van der Waals surface area contributed by atoms with E-state index in [2.05, 4.69) is 169 Å². The third-order valence-electron chi connectivity index (χ3n) is 10.3. The number of amidine groups is 2. The summed E-state index contributed by atoms with van der Waals surface area (Å²) < 4.78 is 9.21. The fraction of sp³-hybridized carbons (Fsp3) is 0.0213. The molecule has 1 N–H and O–H groups in total. The molecule has 0 aliphatic carbocycles. The second-order valence-electron chi connectivity index (χ2n) is 13.4. The van der Waals surface area contributed by atoms with Crippen LogP contribution in [0.2, 0.25) is 0 Å². The largest absolute Gasteiger partial charge is 0.455 e. The zero-order valence-corrected chi connectivity index (χ0v) is 28.7. The zero-order chi connectivity index (χ0) is 34.2. The van der Waals surface area contributed by atoms with Crippen molar-refractivity contribution in [3.63, 3.8) is 0 Å². The second-order valence-corrected chi connectivity index (χ2v) is 14.4. The zero-order valence-electron chi connectivity index (χ0n) is 27.9. The lowest BCUT2D eigenvalue weighted by Gasteiger charge is -2.24. The maximum absolute atomic E-state index is 6.74. The van der Waals surface area contributed by atoms with Crippen molar-refractivity contribution in [1.82, 2.24) is 5.32 Å². The van der Waals surface area contributed by atoms with Crippen LogP contribution in [-0.4, -0.2) is 11.7 Å². The topological polar surface area (TPSA) is 49.9 Å². The number of nitrogens with zero attached hydrogens (tertiary/aromatic N) is 2. The van der Waals surface area contributed by atoms with Crippen LogP contribution in [0.3, 0.4) is 0 Å². The third-order valence-corrected chi connectivity index (χ3v) is 11.5. The van der Waals surface area contributed by atoms with Gasteiger partial charge in [-0.3, -0.25) is 0 Å². The Labute approximate surface area is 303 Å². The van der Waals surface area contributed by atoms with Gasteiger partial charge in [0.1, 0.15) is 23.2 Å². The van der Waals surface area contributed by atoms with Crippen LogP contribution in [-0.2, 0) is 0 Å². The minimum Gasteiger partial charge on any atom is -0.455 e. The highest BCUT2D eigenvalue weighted by atomic mass is 32.1. The van der Waals surface area contributed by atoms with Gasteiger partial charge in [-0.05, 0) is 57.4 Å². The molecule has 1 aliphatic rings. The molecule has 1 atom stereocenters. The summed E-state index contributed by atoms with van der Waals surface area (Å²) in [5.74, 6) is 1.51. The Morgan fingerprint density at radius 2 is 1.19 bits per heavy atom. The predicted octanol–water partition coefficient (Wildman–Crippen LogP) is 12.4. The van der Waals surface area contributed by atoms with Gasteiger partial charge in [0.05, 0.1) is 0 Å². The summed E-state index contributed by atoms with van der Waals surface area (Å²) in [7, 11) is 0. The van der Waals surface area contributed by atoms with Crippen molar-refractivity contribution < 1.29 is 4.42 Å². The third kappa shape index (κ3) is 4.60. The fourth-order valence-corrected chi connectivity index (χ4v) is 9.04. The highest BCUT2D eigenvalue weighted by Gasteiger charge is 2.26. The summed E-state index contributed by atoms with van der Waals surface area (Å²) >= 11 is 1.81. The molecule has 0 amide bonds. The first-order valence-electron chi connectivity index (χ1n) is 17.5. The van der Waals surface area contributed by atoms with Crippen molar-refractivity contribution >= 4 is 86.7 Å². The van der Waals surface area contributed by atoms with Crippen LogP contribution < -0.4 is 5.32 Å². The quantitative estimate of drug-likeness (QED) is 0.201. The summed E-state index contributed by atoms with van der Waals surface area (Å²) in [5, 5.41) is 13.2. The van der Waals surface area contributed by atoms with Gasteiger partial charge >= 0.3 is 0 Å². The molecule has 0 fully saturated rings. The first-order chi connectivity index (χ1) is 25.7. The van der Waals surface area contributed by atoms with Crippen LogP contribution in [0.5, 0.6) is 0 Å². The van der Waals surface area contributed by atoms with Crippen LogP contribution in [0.15, 0.2) is 178 Å². The molecule has 5 heteroatoms. The van der Waals surface area contributed by atoms with Gasteiger partial charge in [0.25, 0.3) is 0 Å². The Morgan fingerprint density at radius 1 is 0.538 bits per heavy atom. The van der Waals surface area contributed by atoms with Crippen LogP contribution in [0.4, 0.5) is 0 Å². The summed E-state index contributed by atoms with van der Waals surface area (Å²) in [6, 6.07) is 57.9. The molecule has 8 aromatic carbocycles. The number of para-hydroxylation sites is 1. The van der Waals surface area contributed by atoms with Gasteiger partial charge in [0, 0.05) is 53.2 Å². The van der Waals surface area contributed by atoms with Crippen molar-refractivity contribution in [3.05, 3.63) is 180 Å². The molecular weight excluding hydrogens is 655 g/mol. The van der Waals surface area contributed by atoms with E-state index in [4.69, 9.17) is 14.4 Å². The molecule has 52 heavy (non-hydrogen) atoms. The lowest BCUT2D eigenvalue weighted by atomic mass is 9.97. The van der Waals surface area contributed by atoms with Gasteiger partial charge in [0.15, 0.2) is 5.84 Å². The summed E-state index contributed by atoms with van der Waals surface area (Å²) in [6.07, 6.45) is -0.410. The monoisotopic (exact) mass is 683 g/mol. The van der Waals surface area contributed by atoms with E-state index >= 15 is 0 Å². The average Bonchev–Trinajstić information content (AvgIpc) is 3.79. The Hall–Kier alpha value is -6.56. The molecule has 0 saturated carbocycles. The van der Waals surface area contributed by atoms with Gasteiger partial charge in [-0.2, -0.15) is 0 Å². The number of benzene rings is 8. The Bertz CT molecular complexity index is 3130. The fourth-order valence-electron chi connectivity index (χ4n) is 7.82. The van der Waals surface area contributed by atoms with Crippen molar-refractivity contribution in [2.75, 3.05) is 0 Å². The maximum atomic E-state index is 6.74. The molecule has 10 aromatic rings. The summed E-state index contributed by atoms with van der Waals surface area (Å²) in [4.78, 5) is 10.6. The van der Waals surface area contributed by atoms with Crippen LogP contribution >= 0.6 is 11.3 Å². The van der Waals surface area contributed by atoms with Crippen molar-refractivity contribution in [3.8, 4) is 11.1 Å². The molecule has 0 saturated heterocycles. The van der Waals surface area contributed by atoms with Gasteiger partial charge in [0.2, 0.25) is 0 Å². The molecule has 11 rings (SSSR count). The standard InChI is InChI=1S/C47H29N3OS/c1-3-12-30-26-32(24-22-28(30)10-1)34-15-7-17-37-42-38(18-9-20-40(42)51-43(34)37)46-48-45(33-25-23-29-11-2-4-13-31(29)27-33)49-47(50-46)39-19-8-16-36-35-14-5-6-21-41(35)52-44(36)39/h1-27,46H,(H,48,49,50). The number of hydrogen-bond acceptors (Lipinski definition) is 5. The lowest BCUT2D eigenvalue weighted by Crippen LogP contribution is -2.33. The lowest BCUT2D eigenvalue weighted by molar-refractivity contribution is 0.663. The molecule has 1 aliphatic heterocycles. The molecular formula is C47H29N3OS. The smallest absolute Gasteiger partial charge is 0.159 e. The first-order valence-corrected chi connectivity index (χ1v) is 18.3. The average molecular weight is 684 g/mol. The summed E-state index contributed by atoms with van der Waals surface area (Å²) in [6.45, 7) is 0. The number of hydrogen-bond donors (Lipinski definition) is 1. The second kappa shape index (κ2) is 11.5. The van der Waals surface area contributed by atoms with E-state index in [1.165, 1.54) is 36.3 Å². The SMILES string of the molecule is c1ccc2cc(C3=NC(c4cccc5oc6c(-c7ccc8ccccc8c7)cccc6c45)NC(c4cccc5c4sc4ccccc45)=N3)ccc2c1. The molecule has 0 radical (unpaired) electrons. The minimum atomic E-state index is -0.410. The van der Waals surface area contributed by atoms with Gasteiger partial charge in [-0.25, -0.2) is 9.98 Å². The van der Waals surface area contributed by atoms with Crippen LogP contribution in [0.1, 0.15) is 22.9 Å². The van der Waals surface area contributed by atoms with Gasteiger partial charge in [-0.15, -0.1) is 11.3 Å². The van der Waals surface area contributed by atoms with E-state index in [1.54, 1.807) is 0 Å². The Morgan fingerprint density at radius 3 is 2.02 bits per heavy atom. The van der Waals surface area contributed by atoms with E-state index in [1.807, 2.05) is 11.3 Å². The molecule has 3 heterocycles. The predicted molar refractivity (Wildman–Crippen MR) is 219 cm³/mol. The van der Waals surface area contributed by atoms with Gasteiger partial charge < -0.3 is 9.73 Å². The maximum Gasteiger partial charge on any atom is 0.159 e. The Kier molecular flexibility index (Phi) is 6.45. The van der Waals surface area contributed by atoms with Crippen LogP contribution in [0, 0.1) is 0 Å². The van der Waals surface area contributed by atoms with Crippen LogP contribution in [0.25, 0.3) is 74.8 Å². The number of thiophene rings is 1. The highest BCUT2D eigenvalue weighted by Crippen LogP contribution is 2.41. The van der Waals surface area contributed by atoms with E-state index in [-0.39, 0.29) is 0 Å². The highest BCUT2D eigenvalue weighted by molar-refractivity contribution is 7.26. The molecule has 1 unspecified atom stereocenters. The molecule has 0 bridgehead atoms. The van der Waals surface area contributed by atoms with Crippen molar-refractivity contribution in [2.45, 2.75) is 6.17 Å². The minimum absolute atomic E-state index is 0.410. The van der Waals surface area contributed by atoms with Crippen molar-refractivity contribution in [1.29, 1.82) is 0 Å². The molecule has 4 nitrogen and oxygen atoms in total. The number of nitrogens with one attached hydrogen (secondary N) is 1.